The van der Waals surface area contributed by atoms with E-state index in [0.29, 0.717) is 23.0 Å². The molecule has 0 amide bonds. The van der Waals surface area contributed by atoms with Gasteiger partial charge in [-0.2, -0.15) is 15.3 Å². The van der Waals surface area contributed by atoms with Crippen LogP contribution >= 0.6 is 0 Å². The standard InChI is InChI=1S/C14H17N5O2/c1-20-14(6-4-2-3-5-7-14)13-17-12(21-19-13)10-9-16-18-11(10)8-15/h9H,2-7H2,1H3,(H,16,18). The van der Waals surface area contributed by atoms with Crippen LogP contribution in [0.1, 0.15) is 50.0 Å². The molecule has 110 valence electrons. The van der Waals surface area contributed by atoms with Crippen molar-refractivity contribution < 1.29 is 9.26 Å². The van der Waals surface area contributed by atoms with Crippen molar-refractivity contribution >= 4 is 0 Å². The smallest absolute Gasteiger partial charge is 0.262 e. The Kier molecular flexibility index (Phi) is 3.71. The molecule has 7 heteroatoms. The summed E-state index contributed by atoms with van der Waals surface area (Å²) in [5.74, 6) is 0.864. The molecule has 0 atom stereocenters. The second-order valence-corrected chi connectivity index (χ2v) is 5.31. The van der Waals surface area contributed by atoms with Crippen LogP contribution in [-0.4, -0.2) is 27.4 Å². The van der Waals surface area contributed by atoms with E-state index in [1.807, 2.05) is 6.07 Å². The Labute approximate surface area is 122 Å². The van der Waals surface area contributed by atoms with Gasteiger partial charge in [0.05, 0.1) is 11.8 Å². The van der Waals surface area contributed by atoms with E-state index in [1.165, 1.54) is 19.0 Å². The van der Waals surface area contributed by atoms with Crippen LogP contribution in [-0.2, 0) is 10.3 Å². The van der Waals surface area contributed by atoms with Gasteiger partial charge in [0.15, 0.2) is 0 Å². The largest absolute Gasteiger partial charge is 0.370 e. The normalized spacial score (nSPS) is 18.1. The molecule has 0 unspecified atom stereocenters. The molecule has 1 aliphatic rings. The first-order valence-electron chi connectivity index (χ1n) is 7.12. The summed E-state index contributed by atoms with van der Waals surface area (Å²) in [7, 11) is 1.69. The molecule has 0 spiro atoms. The van der Waals surface area contributed by atoms with Gasteiger partial charge >= 0.3 is 0 Å². The molecule has 3 rings (SSSR count). The highest BCUT2D eigenvalue weighted by atomic mass is 16.5. The number of rotatable bonds is 3. The third-order valence-corrected chi connectivity index (χ3v) is 4.12. The number of nitriles is 1. The predicted molar refractivity (Wildman–Crippen MR) is 73.0 cm³/mol. The SMILES string of the molecule is COC1(c2noc(-c3cn[nH]c3C#N)n2)CCCCCC1. The Morgan fingerprint density at radius 2 is 2.10 bits per heavy atom. The lowest BCUT2D eigenvalue weighted by molar-refractivity contribution is -0.0365. The van der Waals surface area contributed by atoms with Gasteiger partial charge in [0, 0.05) is 7.11 Å². The molecule has 2 heterocycles. The highest BCUT2D eigenvalue weighted by Crippen LogP contribution is 2.38. The maximum absolute atomic E-state index is 9.02. The Morgan fingerprint density at radius 1 is 1.33 bits per heavy atom. The van der Waals surface area contributed by atoms with E-state index >= 15 is 0 Å². The zero-order chi connectivity index (χ0) is 14.7. The Hall–Kier alpha value is -2.20. The monoisotopic (exact) mass is 287 g/mol. The summed E-state index contributed by atoms with van der Waals surface area (Å²) < 4.78 is 11.1. The lowest BCUT2D eigenvalue weighted by Crippen LogP contribution is -2.29. The summed E-state index contributed by atoms with van der Waals surface area (Å²) >= 11 is 0. The molecule has 1 N–H and O–H groups in total. The van der Waals surface area contributed by atoms with Gasteiger partial charge in [0.2, 0.25) is 5.82 Å². The highest BCUT2D eigenvalue weighted by Gasteiger charge is 2.38. The third-order valence-electron chi connectivity index (χ3n) is 4.12. The number of aromatic nitrogens is 4. The van der Waals surface area contributed by atoms with Gasteiger partial charge in [0.1, 0.15) is 17.4 Å². The van der Waals surface area contributed by atoms with E-state index in [1.54, 1.807) is 7.11 Å². The summed E-state index contributed by atoms with van der Waals surface area (Å²) in [5, 5.41) is 19.6. The van der Waals surface area contributed by atoms with E-state index in [9.17, 15) is 0 Å². The molecule has 0 radical (unpaired) electrons. The third kappa shape index (κ3) is 2.43. The van der Waals surface area contributed by atoms with Crippen LogP contribution < -0.4 is 0 Å². The van der Waals surface area contributed by atoms with Gasteiger partial charge < -0.3 is 9.26 Å². The molecule has 2 aromatic heterocycles. The van der Waals surface area contributed by atoms with Crippen LogP contribution in [0.3, 0.4) is 0 Å². The minimum Gasteiger partial charge on any atom is -0.370 e. The van der Waals surface area contributed by atoms with Crippen LogP contribution in [0.4, 0.5) is 0 Å². The summed E-state index contributed by atoms with van der Waals surface area (Å²) in [4.78, 5) is 4.46. The van der Waals surface area contributed by atoms with E-state index in [-0.39, 0.29) is 0 Å². The average Bonchev–Trinajstić information content (AvgIpc) is 3.11. The fraction of sp³-hybridized carbons (Fsp3) is 0.571. The fourth-order valence-corrected chi connectivity index (χ4v) is 2.87. The van der Waals surface area contributed by atoms with Crippen molar-refractivity contribution in [2.24, 2.45) is 0 Å². The molecule has 0 aromatic carbocycles. The van der Waals surface area contributed by atoms with Crippen molar-refractivity contribution in [1.29, 1.82) is 5.26 Å². The zero-order valence-corrected chi connectivity index (χ0v) is 11.9. The second kappa shape index (κ2) is 5.66. The van der Waals surface area contributed by atoms with Crippen molar-refractivity contribution in [2.45, 2.75) is 44.1 Å². The number of ether oxygens (including phenoxy) is 1. The van der Waals surface area contributed by atoms with Gasteiger partial charge in [-0.15, -0.1) is 0 Å². The van der Waals surface area contributed by atoms with Gasteiger partial charge in [0.25, 0.3) is 5.89 Å². The molecular weight excluding hydrogens is 270 g/mol. The Balaban J connectivity index is 1.95. The maximum Gasteiger partial charge on any atom is 0.262 e. The molecule has 0 aliphatic heterocycles. The first kappa shape index (κ1) is 13.8. The lowest BCUT2D eigenvalue weighted by Gasteiger charge is -2.27. The summed E-state index contributed by atoms with van der Waals surface area (Å²) in [5.41, 5.74) is 0.364. The number of hydrogen-bond donors (Lipinski definition) is 1. The predicted octanol–water partition coefficient (Wildman–Crippen LogP) is 2.53. The van der Waals surface area contributed by atoms with Crippen molar-refractivity contribution in [3.05, 3.63) is 17.7 Å². The first-order chi connectivity index (χ1) is 10.3. The summed E-state index contributed by atoms with van der Waals surface area (Å²) in [6.45, 7) is 0. The maximum atomic E-state index is 9.02. The minimum absolute atomic E-state index is 0.302. The van der Waals surface area contributed by atoms with Crippen molar-refractivity contribution in [3.8, 4) is 17.5 Å². The van der Waals surface area contributed by atoms with Gasteiger partial charge in [-0.05, 0) is 12.8 Å². The lowest BCUT2D eigenvalue weighted by atomic mass is 9.93. The number of hydrogen-bond acceptors (Lipinski definition) is 6. The van der Waals surface area contributed by atoms with Crippen molar-refractivity contribution in [3.63, 3.8) is 0 Å². The highest BCUT2D eigenvalue weighted by molar-refractivity contribution is 5.59. The summed E-state index contributed by atoms with van der Waals surface area (Å²) in [6, 6.07) is 2.02. The molecule has 0 saturated heterocycles. The molecule has 0 bridgehead atoms. The minimum atomic E-state index is -0.477. The number of H-pyrrole nitrogens is 1. The Morgan fingerprint density at radius 3 is 2.76 bits per heavy atom. The van der Waals surface area contributed by atoms with Crippen LogP contribution in [0.25, 0.3) is 11.5 Å². The molecular formula is C14H17N5O2. The molecule has 7 nitrogen and oxygen atoms in total. The van der Waals surface area contributed by atoms with E-state index < -0.39 is 5.60 Å². The van der Waals surface area contributed by atoms with Gasteiger partial charge in [-0.1, -0.05) is 30.8 Å². The zero-order valence-electron chi connectivity index (χ0n) is 11.9. The second-order valence-electron chi connectivity index (χ2n) is 5.31. The Bertz CT molecular complexity index is 646. The molecule has 1 fully saturated rings. The van der Waals surface area contributed by atoms with E-state index in [2.05, 4.69) is 20.3 Å². The van der Waals surface area contributed by atoms with Crippen LogP contribution in [0.2, 0.25) is 0 Å². The fourth-order valence-electron chi connectivity index (χ4n) is 2.87. The van der Waals surface area contributed by atoms with E-state index in [4.69, 9.17) is 14.5 Å². The van der Waals surface area contributed by atoms with Crippen LogP contribution in [0.5, 0.6) is 0 Å². The van der Waals surface area contributed by atoms with Crippen molar-refractivity contribution in [2.75, 3.05) is 7.11 Å². The number of aromatic amines is 1. The van der Waals surface area contributed by atoms with Gasteiger partial charge in [-0.25, -0.2) is 0 Å². The number of nitrogens with zero attached hydrogens (tertiary/aromatic N) is 4. The topological polar surface area (TPSA) is 101 Å². The van der Waals surface area contributed by atoms with Crippen molar-refractivity contribution in [1.82, 2.24) is 20.3 Å². The van der Waals surface area contributed by atoms with E-state index in [0.717, 1.165) is 25.7 Å². The average molecular weight is 287 g/mol. The number of methoxy groups -OCH3 is 1. The van der Waals surface area contributed by atoms with Crippen LogP contribution in [0, 0.1) is 11.3 Å². The molecule has 1 saturated carbocycles. The summed E-state index contributed by atoms with van der Waals surface area (Å²) in [6.07, 6.45) is 7.88. The van der Waals surface area contributed by atoms with Gasteiger partial charge in [-0.3, -0.25) is 5.10 Å². The molecule has 1 aliphatic carbocycles. The number of nitrogens with one attached hydrogen (secondary N) is 1. The quantitative estimate of drug-likeness (QED) is 0.870. The molecule has 21 heavy (non-hydrogen) atoms. The first-order valence-corrected chi connectivity index (χ1v) is 7.12. The van der Waals surface area contributed by atoms with Crippen LogP contribution in [0.15, 0.2) is 10.7 Å². The molecule has 2 aromatic rings.